The Morgan fingerprint density at radius 3 is 2.35 bits per heavy atom. The molecule has 2 amide bonds. The molecule has 1 aliphatic rings. The number of benzene rings is 1. The van der Waals surface area contributed by atoms with E-state index < -0.39 is 11.9 Å². The van der Waals surface area contributed by atoms with Gasteiger partial charge in [0.15, 0.2) is 0 Å². The fraction of sp³-hybridized carbons (Fsp3) is 0.429. The molecule has 1 fully saturated rings. The monoisotopic (exact) mass is 278 g/mol. The van der Waals surface area contributed by atoms with Crippen LogP contribution in [0, 0.1) is 11.8 Å². The number of carboxylic acid groups (broad SMARTS) is 1. The maximum Gasteiger partial charge on any atom is 0.324 e. The molecule has 108 valence electrons. The number of carbonyl (C=O) groups excluding carboxylic acids is 1. The highest BCUT2D eigenvalue weighted by atomic mass is 16.4. The summed E-state index contributed by atoms with van der Waals surface area (Å²) in [6, 6.07) is 6.06. The Balaban J connectivity index is 2.08. The van der Waals surface area contributed by atoms with Crippen molar-refractivity contribution >= 4 is 17.7 Å². The van der Waals surface area contributed by atoms with E-state index in [2.05, 4.69) is 0 Å². The number of aromatic hydroxyl groups is 1. The quantitative estimate of drug-likeness (QED) is 0.861. The highest BCUT2D eigenvalue weighted by Gasteiger charge is 2.38. The van der Waals surface area contributed by atoms with Crippen molar-refractivity contribution in [2.24, 2.45) is 11.8 Å². The molecule has 1 saturated heterocycles. The summed E-state index contributed by atoms with van der Waals surface area (Å²) in [4.78, 5) is 26.4. The SMILES string of the molecule is C[C@@H]1CN(C(=O)N(C)c2ccc(O)cc2)C[C@H]1C(=O)O. The second kappa shape index (κ2) is 5.40. The van der Waals surface area contributed by atoms with Gasteiger partial charge in [-0.2, -0.15) is 0 Å². The molecular weight excluding hydrogens is 260 g/mol. The normalized spacial score (nSPS) is 21.8. The van der Waals surface area contributed by atoms with Crippen LogP contribution in [0.2, 0.25) is 0 Å². The molecule has 2 N–H and O–H groups in total. The first-order valence-corrected chi connectivity index (χ1v) is 6.44. The number of amides is 2. The molecule has 6 heteroatoms. The predicted molar refractivity (Wildman–Crippen MR) is 73.8 cm³/mol. The van der Waals surface area contributed by atoms with E-state index in [1.165, 1.54) is 17.0 Å². The van der Waals surface area contributed by atoms with Crippen molar-refractivity contribution in [1.82, 2.24) is 4.90 Å². The van der Waals surface area contributed by atoms with Gasteiger partial charge in [-0.15, -0.1) is 0 Å². The number of hydrogen-bond acceptors (Lipinski definition) is 3. The van der Waals surface area contributed by atoms with Gasteiger partial charge < -0.3 is 15.1 Å². The molecule has 0 aromatic heterocycles. The Labute approximate surface area is 117 Å². The molecule has 2 atom stereocenters. The van der Waals surface area contributed by atoms with Gasteiger partial charge in [0.05, 0.1) is 5.92 Å². The number of anilines is 1. The van der Waals surface area contributed by atoms with E-state index in [-0.39, 0.29) is 24.2 Å². The van der Waals surface area contributed by atoms with Gasteiger partial charge in [0.2, 0.25) is 0 Å². The summed E-state index contributed by atoms with van der Waals surface area (Å²) in [5.74, 6) is -1.28. The third kappa shape index (κ3) is 2.68. The molecule has 0 unspecified atom stereocenters. The van der Waals surface area contributed by atoms with Crippen molar-refractivity contribution in [2.45, 2.75) is 6.92 Å². The maximum atomic E-state index is 12.3. The summed E-state index contributed by atoms with van der Waals surface area (Å²) in [5.41, 5.74) is 0.652. The maximum absolute atomic E-state index is 12.3. The minimum Gasteiger partial charge on any atom is -0.508 e. The van der Waals surface area contributed by atoms with Crippen LogP contribution in [0.1, 0.15) is 6.92 Å². The summed E-state index contributed by atoms with van der Waals surface area (Å²) in [7, 11) is 1.63. The Bertz CT molecular complexity index is 514. The number of aliphatic carboxylic acids is 1. The van der Waals surface area contributed by atoms with E-state index in [4.69, 9.17) is 5.11 Å². The van der Waals surface area contributed by atoms with Gasteiger partial charge in [0.1, 0.15) is 5.75 Å². The van der Waals surface area contributed by atoms with Gasteiger partial charge in [0, 0.05) is 25.8 Å². The lowest BCUT2D eigenvalue weighted by Crippen LogP contribution is -2.40. The molecule has 0 saturated carbocycles. The van der Waals surface area contributed by atoms with Crippen molar-refractivity contribution in [2.75, 3.05) is 25.0 Å². The van der Waals surface area contributed by atoms with E-state index in [0.29, 0.717) is 12.2 Å². The Kier molecular flexibility index (Phi) is 3.83. The van der Waals surface area contributed by atoms with E-state index in [1.54, 1.807) is 24.1 Å². The molecule has 1 aliphatic heterocycles. The molecule has 0 bridgehead atoms. The van der Waals surface area contributed by atoms with E-state index in [0.717, 1.165) is 0 Å². The van der Waals surface area contributed by atoms with Crippen LogP contribution in [0.25, 0.3) is 0 Å². The zero-order chi connectivity index (χ0) is 14.9. The molecule has 0 aliphatic carbocycles. The van der Waals surface area contributed by atoms with Gasteiger partial charge in [-0.25, -0.2) is 4.79 Å². The highest BCUT2D eigenvalue weighted by Crippen LogP contribution is 2.25. The zero-order valence-electron chi connectivity index (χ0n) is 11.5. The predicted octanol–water partition coefficient (Wildman–Crippen LogP) is 1.60. The summed E-state index contributed by atoms with van der Waals surface area (Å²) in [5, 5.41) is 18.3. The molecule has 1 aromatic rings. The lowest BCUT2D eigenvalue weighted by Gasteiger charge is -2.24. The smallest absolute Gasteiger partial charge is 0.324 e. The minimum atomic E-state index is -0.861. The van der Waals surface area contributed by atoms with Crippen molar-refractivity contribution in [3.63, 3.8) is 0 Å². The Hall–Kier alpha value is -2.24. The second-order valence-corrected chi connectivity index (χ2v) is 5.18. The standard InChI is InChI=1S/C14H18N2O4/c1-9-7-16(8-12(9)13(18)19)14(20)15(2)10-3-5-11(17)6-4-10/h3-6,9,12,17H,7-8H2,1-2H3,(H,18,19)/t9-,12-/m1/s1. The third-order valence-electron chi connectivity index (χ3n) is 3.72. The Morgan fingerprint density at radius 1 is 1.25 bits per heavy atom. The summed E-state index contributed by atoms with van der Waals surface area (Å²) in [6.45, 7) is 2.52. The van der Waals surface area contributed by atoms with Gasteiger partial charge in [-0.1, -0.05) is 6.92 Å². The van der Waals surface area contributed by atoms with Crippen LogP contribution in [-0.4, -0.2) is 47.3 Å². The molecule has 20 heavy (non-hydrogen) atoms. The van der Waals surface area contributed by atoms with Gasteiger partial charge in [-0.05, 0) is 30.2 Å². The number of nitrogens with zero attached hydrogens (tertiary/aromatic N) is 2. The number of urea groups is 1. The van der Waals surface area contributed by atoms with E-state index in [9.17, 15) is 14.7 Å². The first-order valence-electron chi connectivity index (χ1n) is 6.44. The molecular formula is C14H18N2O4. The first kappa shape index (κ1) is 14.2. The first-order chi connectivity index (χ1) is 9.40. The fourth-order valence-corrected chi connectivity index (χ4v) is 2.44. The molecule has 2 rings (SSSR count). The van der Waals surface area contributed by atoms with Crippen LogP contribution in [-0.2, 0) is 4.79 Å². The zero-order valence-corrected chi connectivity index (χ0v) is 11.5. The summed E-state index contributed by atoms with van der Waals surface area (Å²) < 4.78 is 0. The third-order valence-corrected chi connectivity index (χ3v) is 3.72. The lowest BCUT2D eigenvalue weighted by atomic mass is 9.99. The van der Waals surface area contributed by atoms with Crippen LogP contribution >= 0.6 is 0 Å². The Morgan fingerprint density at radius 2 is 1.85 bits per heavy atom. The largest absolute Gasteiger partial charge is 0.508 e. The molecule has 6 nitrogen and oxygen atoms in total. The van der Waals surface area contributed by atoms with Crippen molar-refractivity contribution in [3.8, 4) is 5.75 Å². The fourth-order valence-electron chi connectivity index (χ4n) is 2.44. The van der Waals surface area contributed by atoms with Gasteiger partial charge >= 0.3 is 12.0 Å². The number of carbonyl (C=O) groups is 2. The van der Waals surface area contributed by atoms with Crippen molar-refractivity contribution in [1.29, 1.82) is 0 Å². The number of rotatable bonds is 2. The van der Waals surface area contributed by atoms with Crippen LogP contribution in [0.5, 0.6) is 5.75 Å². The topological polar surface area (TPSA) is 81.1 Å². The number of carboxylic acids is 1. The molecule has 0 radical (unpaired) electrons. The van der Waals surface area contributed by atoms with Gasteiger partial charge in [-0.3, -0.25) is 9.69 Å². The molecule has 0 spiro atoms. The summed E-state index contributed by atoms with van der Waals surface area (Å²) in [6.07, 6.45) is 0. The molecule has 1 heterocycles. The summed E-state index contributed by atoms with van der Waals surface area (Å²) >= 11 is 0. The van der Waals surface area contributed by atoms with Crippen LogP contribution in [0.15, 0.2) is 24.3 Å². The van der Waals surface area contributed by atoms with Gasteiger partial charge in [0.25, 0.3) is 0 Å². The van der Waals surface area contributed by atoms with Crippen LogP contribution < -0.4 is 4.90 Å². The number of phenols is 1. The van der Waals surface area contributed by atoms with E-state index in [1.807, 2.05) is 6.92 Å². The average Bonchev–Trinajstić information content (AvgIpc) is 2.80. The highest BCUT2D eigenvalue weighted by molar-refractivity contribution is 5.92. The number of likely N-dealkylation sites (tertiary alicyclic amines) is 1. The molecule has 1 aromatic carbocycles. The average molecular weight is 278 g/mol. The minimum absolute atomic E-state index is 0.0512. The van der Waals surface area contributed by atoms with Crippen LogP contribution in [0.4, 0.5) is 10.5 Å². The van der Waals surface area contributed by atoms with Crippen molar-refractivity contribution < 1.29 is 19.8 Å². The number of hydrogen-bond donors (Lipinski definition) is 2. The lowest BCUT2D eigenvalue weighted by molar-refractivity contribution is -0.142. The second-order valence-electron chi connectivity index (χ2n) is 5.18. The van der Waals surface area contributed by atoms with Crippen molar-refractivity contribution in [3.05, 3.63) is 24.3 Å². The van der Waals surface area contributed by atoms with Crippen LogP contribution in [0.3, 0.4) is 0 Å². The van der Waals surface area contributed by atoms with E-state index >= 15 is 0 Å². The number of phenolic OH excluding ortho intramolecular Hbond substituents is 1.